The normalized spacial score (nSPS) is 24.7. The van der Waals surface area contributed by atoms with Crippen molar-refractivity contribution in [3.63, 3.8) is 0 Å². The maximum absolute atomic E-state index is 13.1. The standard InChI is InChI=1S/C47H64N6O3S2/c1-4-16-52-24-31(18-37-35-10-8-13-40-46(35)33(22-49-40)20-42(37)52)26-57-28-44(55)48-15-7-6-12-39(30(3)54)51-45(56)29-58-27-32-19-38-36-11-9-14-41-47(36)34(23-50-41)21-43(38)53(25-32)17-5-2/h8-11,13-14,22-23,31-32,37-39,42-43,49-50H,4-7,12,15-21,24-29H2,1-3H3,(H,48,55)(H,51,56). The van der Waals surface area contributed by atoms with E-state index >= 15 is 0 Å². The summed E-state index contributed by atoms with van der Waals surface area (Å²) in [7, 11) is 0. The first-order chi connectivity index (χ1) is 28.3. The second kappa shape index (κ2) is 19.0. The first kappa shape index (κ1) is 41.5. The van der Waals surface area contributed by atoms with E-state index in [2.05, 4.69) is 93.0 Å². The molecule has 4 aromatic rings. The fourth-order valence-electron chi connectivity index (χ4n) is 11.1. The SMILES string of the molecule is CCCN1CC(CSCC(=O)NCCCCC(NC(=O)CSCC2CC3c4cccc5[nH]cc(c45)CC3N(CCC)C2)C(C)=O)CC2c3cccc4[nH]cc(c34)CC21. The summed E-state index contributed by atoms with van der Waals surface area (Å²) in [5.41, 5.74) is 8.41. The first-order valence-electron chi connectivity index (χ1n) is 22.2. The van der Waals surface area contributed by atoms with E-state index in [4.69, 9.17) is 0 Å². The summed E-state index contributed by atoms with van der Waals surface area (Å²) < 4.78 is 0. The molecule has 2 aliphatic carbocycles. The number of benzene rings is 2. The molecule has 9 nitrogen and oxygen atoms in total. The molecule has 7 atom stereocenters. The molecule has 2 aliphatic heterocycles. The highest BCUT2D eigenvalue weighted by Gasteiger charge is 2.42. The van der Waals surface area contributed by atoms with Crippen LogP contribution in [0.3, 0.4) is 0 Å². The highest BCUT2D eigenvalue weighted by atomic mass is 32.2. The Bertz CT molecular complexity index is 2060. The Morgan fingerprint density at radius 1 is 0.759 bits per heavy atom. The van der Waals surface area contributed by atoms with Gasteiger partial charge in [0, 0.05) is 77.8 Å². The molecule has 58 heavy (non-hydrogen) atoms. The Kier molecular flexibility index (Phi) is 13.6. The maximum atomic E-state index is 13.1. The smallest absolute Gasteiger partial charge is 0.230 e. The van der Waals surface area contributed by atoms with Crippen LogP contribution in [0.25, 0.3) is 21.8 Å². The molecule has 0 saturated carbocycles. The Labute approximate surface area is 353 Å². The summed E-state index contributed by atoms with van der Waals surface area (Å²) in [5, 5.41) is 9.01. The quantitative estimate of drug-likeness (QED) is 0.0719. The molecule has 2 aromatic heterocycles. The molecule has 0 spiro atoms. The number of aromatic amines is 2. The van der Waals surface area contributed by atoms with E-state index in [1.165, 1.54) is 50.5 Å². The van der Waals surface area contributed by atoms with Crippen LogP contribution in [0.15, 0.2) is 48.8 Å². The van der Waals surface area contributed by atoms with Crippen LogP contribution in [0.2, 0.25) is 0 Å². The van der Waals surface area contributed by atoms with Gasteiger partial charge in [-0.15, -0.1) is 0 Å². The third-order valence-corrected chi connectivity index (χ3v) is 15.9. The highest BCUT2D eigenvalue weighted by Crippen LogP contribution is 2.47. The van der Waals surface area contributed by atoms with Crippen molar-refractivity contribution in [1.29, 1.82) is 0 Å². The predicted octanol–water partition coefficient (Wildman–Crippen LogP) is 7.66. The number of nitrogens with one attached hydrogen (secondary N) is 4. The zero-order chi connectivity index (χ0) is 40.2. The Morgan fingerprint density at radius 3 is 1.81 bits per heavy atom. The number of carbonyl (C=O) groups is 3. The monoisotopic (exact) mass is 824 g/mol. The Balaban J connectivity index is 0.728. The van der Waals surface area contributed by atoms with Gasteiger partial charge in [-0.25, -0.2) is 0 Å². The largest absolute Gasteiger partial charge is 0.361 e. The van der Waals surface area contributed by atoms with Crippen LogP contribution in [0.4, 0.5) is 0 Å². The van der Waals surface area contributed by atoms with E-state index in [0.717, 1.165) is 82.6 Å². The van der Waals surface area contributed by atoms with Crippen molar-refractivity contribution in [3.05, 3.63) is 71.0 Å². The summed E-state index contributed by atoms with van der Waals surface area (Å²) in [6, 6.07) is 14.1. The lowest BCUT2D eigenvalue weighted by Crippen LogP contribution is -2.50. The van der Waals surface area contributed by atoms with Gasteiger partial charge in [0.25, 0.3) is 0 Å². The van der Waals surface area contributed by atoms with Gasteiger partial charge in [-0.1, -0.05) is 38.1 Å². The Hall–Kier alpha value is -3.25. The molecule has 8 rings (SSSR count). The van der Waals surface area contributed by atoms with Crippen molar-refractivity contribution < 1.29 is 14.4 Å². The van der Waals surface area contributed by atoms with Crippen LogP contribution in [0.5, 0.6) is 0 Å². The molecule has 2 amide bonds. The minimum Gasteiger partial charge on any atom is -0.361 e. The molecule has 2 aromatic carbocycles. The van der Waals surface area contributed by atoms with Gasteiger partial charge < -0.3 is 20.6 Å². The maximum Gasteiger partial charge on any atom is 0.230 e. The number of Topliss-reactive ketones (excluding diaryl/α,β-unsaturated/α-hetero) is 1. The number of H-pyrrole nitrogens is 2. The van der Waals surface area contributed by atoms with E-state index < -0.39 is 6.04 Å². The van der Waals surface area contributed by atoms with Gasteiger partial charge in [-0.2, -0.15) is 23.5 Å². The topological polar surface area (TPSA) is 113 Å². The van der Waals surface area contributed by atoms with Crippen molar-refractivity contribution in [2.24, 2.45) is 11.8 Å². The van der Waals surface area contributed by atoms with E-state index in [-0.39, 0.29) is 17.6 Å². The minimum atomic E-state index is -0.476. The van der Waals surface area contributed by atoms with Gasteiger partial charge >= 0.3 is 0 Å². The molecule has 312 valence electrons. The number of piperidine rings is 2. The lowest BCUT2D eigenvalue weighted by molar-refractivity contribution is -0.125. The molecule has 7 unspecified atom stereocenters. The lowest BCUT2D eigenvalue weighted by Gasteiger charge is -2.47. The van der Waals surface area contributed by atoms with Gasteiger partial charge in [0.1, 0.15) is 0 Å². The third-order valence-electron chi connectivity index (χ3n) is 13.6. The zero-order valence-corrected chi connectivity index (χ0v) is 36.5. The summed E-state index contributed by atoms with van der Waals surface area (Å²) in [4.78, 5) is 50.8. The second-order valence-electron chi connectivity index (χ2n) is 17.7. The number of unbranched alkanes of at least 4 members (excludes halogenated alkanes) is 1. The van der Waals surface area contributed by atoms with Crippen LogP contribution in [-0.2, 0) is 27.2 Å². The number of aromatic nitrogens is 2. The van der Waals surface area contributed by atoms with E-state index in [9.17, 15) is 14.4 Å². The predicted molar refractivity (Wildman–Crippen MR) is 241 cm³/mol. The second-order valence-corrected chi connectivity index (χ2v) is 19.8. The molecule has 4 aliphatic rings. The number of likely N-dealkylation sites (tertiary alicyclic amines) is 2. The summed E-state index contributed by atoms with van der Waals surface area (Å²) in [6.45, 7) is 11.1. The molecule has 4 heterocycles. The average molecular weight is 825 g/mol. The minimum absolute atomic E-state index is 0.00657. The van der Waals surface area contributed by atoms with Crippen molar-refractivity contribution in [1.82, 2.24) is 30.4 Å². The van der Waals surface area contributed by atoms with Crippen LogP contribution in [0, 0.1) is 11.8 Å². The van der Waals surface area contributed by atoms with Crippen molar-refractivity contribution in [2.75, 3.05) is 55.7 Å². The molecular formula is C47H64N6O3S2. The number of thioether (sulfide) groups is 2. The summed E-state index contributed by atoms with van der Waals surface area (Å²) in [5.74, 6) is 4.96. The van der Waals surface area contributed by atoms with E-state index in [0.29, 0.717) is 60.2 Å². The van der Waals surface area contributed by atoms with E-state index in [1.807, 2.05) is 0 Å². The number of rotatable bonds is 19. The average Bonchev–Trinajstić information content (AvgIpc) is 3.84. The zero-order valence-electron chi connectivity index (χ0n) is 34.8. The van der Waals surface area contributed by atoms with Crippen LogP contribution < -0.4 is 10.6 Å². The number of nitrogens with zero attached hydrogens (tertiary/aromatic N) is 2. The molecule has 4 N–H and O–H groups in total. The molecule has 11 heteroatoms. The number of hydrogen-bond acceptors (Lipinski definition) is 7. The lowest BCUT2D eigenvalue weighted by atomic mass is 9.72. The van der Waals surface area contributed by atoms with Crippen molar-refractivity contribution in [2.45, 2.75) is 109 Å². The molecule has 2 saturated heterocycles. The number of carbonyl (C=O) groups excluding carboxylic acids is 3. The van der Waals surface area contributed by atoms with Crippen LogP contribution in [-0.4, -0.2) is 111 Å². The molecule has 0 radical (unpaired) electrons. The fourth-order valence-corrected chi connectivity index (χ4v) is 13.1. The molecule has 2 fully saturated rings. The number of hydrogen-bond donors (Lipinski definition) is 4. The summed E-state index contributed by atoms with van der Waals surface area (Å²) in [6.07, 6.45) is 13.4. The van der Waals surface area contributed by atoms with Crippen LogP contribution >= 0.6 is 23.5 Å². The van der Waals surface area contributed by atoms with Gasteiger partial charge in [-0.05, 0) is 136 Å². The van der Waals surface area contributed by atoms with Crippen molar-refractivity contribution in [3.8, 4) is 0 Å². The number of ketones is 1. The Morgan fingerprint density at radius 2 is 1.29 bits per heavy atom. The van der Waals surface area contributed by atoms with Crippen molar-refractivity contribution >= 4 is 62.9 Å². The van der Waals surface area contributed by atoms with E-state index in [1.54, 1.807) is 30.4 Å². The molecular weight excluding hydrogens is 761 g/mol. The number of amides is 2. The third kappa shape index (κ3) is 9.08. The van der Waals surface area contributed by atoms with Gasteiger partial charge in [-0.3, -0.25) is 24.2 Å². The van der Waals surface area contributed by atoms with Gasteiger partial charge in [0.05, 0.1) is 17.5 Å². The highest BCUT2D eigenvalue weighted by molar-refractivity contribution is 8.00. The summed E-state index contributed by atoms with van der Waals surface area (Å²) >= 11 is 3.47. The van der Waals surface area contributed by atoms with Gasteiger partial charge in [0.2, 0.25) is 11.8 Å². The first-order valence-corrected chi connectivity index (χ1v) is 24.5. The fraction of sp³-hybridized carbons (Fsp3) is 0.596. The number of fused-ring (bicyclic) bond motifs is 4. The van der Waals surface area contributed by atoms with Crippen LogP contribution in [0.1, 0.15) is 99.8 Å². The molecule has 0 bridgehead atoms. The van der Waals surface area contributed by atoms with Gasteiger partial charge in [0.15, 0.2) is 5.78 Å².